The molecular formula is C24H20N6O3. The average molecular weight is 440 g/mol. The first-order valence-corrected chi connectivity index (χ1v) is 10.3. The van der Waals surface area contributed by atoms with Crippen molar-refractivity contribution in [3.63, 3.8) is 0 Å². The molecule has 0 atom stereocenters. The highest BCUT2D eigenvalue weighted by Gasteiger charge is 2.13. The molecule has 5 rings (SSSR count). The van der Waals surface area contributed by atoms with Crippen LogP contribution in [-0.4, -0.2) is 49.5 Å². The number of nitrogens with one attached hydrogen (secondary N) is 3. The molecule has 0 unspecified atom stereocenters. The molecule has 3 aromatic carbocycles. The van der Waals surface area contributed by atoms with Crippen molar-refractivity contribution in [1.29, 1.82) is 0 Å². The number of amides is 1. The second kappa shape index (κ2) is 8.83. The Morgan fingerprint density at radius 1 is 1.00 bits per heavy atom. The molecule has 0 radical (unpaired) electrons. The fourth-order valence-corrected chi connectivity index (χ4v) is 3.51. The number of phenolic OH excluding ortho intramolecular Hbond substituents is 1. The number of carbonyl (C=O) groups excluding carboxylic acids is 1. The Balaban J connectivity index is 1.29. The number of aromatic nitrogens is 5. The Morgan fingerprint density at radius 2 is 1.88 bits per heavy atom. The second-order valence-electron chi connectivity index (χ2n) is 7.33. The Bertz CT molecular complexity index is 1390. The first-order valence-electron chi connectivity index (χ1n) is 10.3. The predicted molar refractivity (Wildman–Crippen MR) is 123 cm³/mol. The van der Waals surface area contributed by atoms with Gasteiger partial charge in [0.2, 0.25) is 0 Å². The maximum absolute atomic E-state index is 12.6. The normalized spacial score (nSPS) is 10.9. The van der Waals surface area contributed by atoms with E-state index in [1.165, 1.54) is 6.33 Å². The van der Waals surface area contributed by atoms with Gasteiger partial charge in [-0.1, -0.05) is 12.1 Å². The molecule has 0 fully saturated rings. The van der Waals surface area contributed by atoms with Crippen LogP contribution >= 0.6 is 0 Å². The summed E-state index contributed by atoms with van der Waals surface area (Å²) in [6, 6.07) is 19.6. The van der Waals surface area contributed by atoms with Crippen molar-refractivity contribution in [1.82, 2.24) is 30.7 Å². The number of ether oxygens (including phenoxy) is 1. The lowest BCUT2D eigenvalue weighted by Crippen LogP contribution is -2.28. The van der Waals surface area contributed by atoms with E-state index in [2.05, 4.69) is 30.7 Å². The van der Waals surface area contributed by atoms with Gasteiger partial charge in [0.25, 0.3) is 5.91 Å². The zero-order chi connectivity index (χ0) is 22.6. The fraction of sp³-hybridized carbons (Fsp3) is 0.0833. The van der Waals surface area contributed by atoms with Crippen molar-refractivity contribution in [3.8, 4) is 34.1 Å². The molecule has 0 saturated heterocycles. The van der Waals surface area contributed by atoms with E-state index in [4.69, 9.17) is 4.74 Å². The lowest BCUT2D eigenvalue weighted by atomic mass is 10.0. The van der Waals surface area contributed by atoms with Gasteiger partial charge in [0.15, 0.2) is 5.82 Å². The minimum atomic E-state index is -0.201. The number of rotatable bonds is 7. The lowest BCUT2D eigenvalue weighted by Gasteiger charge is -2.08. The summed E-state index contributed by atoms with van der Waals surface area (Å²) in [5, 5.41) is 27.4. The Kier molecular flexibility index (Phi) is 5.42. The van der Waals surface area contributed by atoms with Crippen molar-refractivity contribution in [3.05, 3.63) is 78.6 Å². The molecular weight excluding hydrogens is 420 g/mol. The van der Waals surface area contributed by atoms with Crippen molar-refractivity contribution >= 4 is 16.8 Å². The van der Waals surface area contributed by atoms with E-state index in [0.717, 1.165) is 27.7 Å². The number of aromatic amines is 2. The molecule has 0 aliphatic heterocycles. The van der Waals surface area contributed by atoms with Gasteiger partial charge in [0.1, 0.15) is 24.4 Å². The number of hydrogen-bond acceptors (Lipinski definition) is 6. The summed E-state index contributed by atoms with van der Waals surface area (Å²) in [7, 11) is 0. The van der Waals surface area contributed by atoms with Gasteiger partial charge in [-0.05, 0) is 54.6 Å². The number of H-pyrrole nitrogens is 2. The van der Waals surface area contributed by atoms with E-state index in [1.807, 2.05) is 36.4 Å². The molecule has 0 spiro atoms. The minimum absolute atomic E-state index is 0.175. The first-order chi connectivity index (χ1) is 16.2. The van der Waals surface area contributed by atoms with Crippen molar-refractivity contribution < 1.29 is 14.6 Å². The Hall–Kier alpha value is -4.66. The van der Waals surface area contributed by atoms with E-state index in [0.29, 0.717) is 30.3 Å². The molecule has 5 aromatic rings. The molecule has 0 aliphatic carbocycles. The van der Waals surface area contributed by atoms with E-state index in [-0.39, 0.29) is 11.7 Å². The van der Waals surface area contributed by atoms with Gasteiger partial charge in [-0.2, -0.15) is 10.2 Å². The number of nitrogens with zero attached hydrogens (tertiary/aromatic N) is 3. The Labute approximate surface area is 188 Å². The van der Waals surface area contributed by atoms with E-state index in [1.54, 1.807) is 30.3 Å². The molecule has 4 N–H and O–H groups in total. The standard InChI is InChI=1S/C24H20N6O3/c31-18-5-7-19(8-6-18)33-11-10-25-24(32)17-3-1-2-15(12-17)22-20-13-16(23-26-14-27-30-23)4-9-21(20)28-29-22/h1-9,12-14,31H,10-11H2,(H,25,32)(H,28,29)(H,26,27,30). The quantitative estimate of drug-likeness (QED) is 0.287. The van der Waals surface area contributed by atoms with Gasteiger partial charge in [-0.25, -0.2) is 4.98 Å². The average Bonchev–Trinajstić information content (AvgIpc) is 3.53. The largest absolute Gasteiger partial charge is 0.508 e. The van der Waals surface area contributed by atoms with Crippen LogP contribution in [0, 0.1) is 0 Å². The fourth-order valence-electron chi connectivity index (χ4n) is 3.51. The van der Waals surface area contributed by atoms with Crippen LogP contribution in [0.25, 0.3) is 33.5 Å². The van der Waals surface area contributed by atoms with Gasteiger partial charge in [-0.15, -0.1) is 0 Å². The van der Waals surface area contributed by atoms with Gasteiger partial charge in [0, 0.05) is 22.1 Å². The van der Waals surface area contributed by atoms with E-state index < -0.39 is 0 Å². The third-order valence-corrected chi connectivity index (χ3v) is 5.13. The van der Waals surface area contributed by atoms with Gasteiger partial charge < -0.3 is 15.2 Å². The second-order valence-corrected chi connectivity index (χ2v) is 7.33. The summed E-state index contributed by atoms with van der Waals surface area (Å²) in [6.45, 7) is 0.652. The van der Waals surface area contributed by atoms with Crippen LogP contribution in [0.5, 0.6) is 11.5 Å². The lowest BCUT2D eigenvalue weighted by molar-refractivity contribution is 0.0947. The van der Waals surface area contributed by atoms with Crippen LogP contribution in [0.1, 0.15) is 10.4 Å². The van der Waals surface area contributed by atoms with Crippen LogP contribution in [-0.2, 0) is 0 Å². The van der Waals surface area contributed by atoms with Crippen molar-refractivity contribution in [2.24, 2.45) is 0 Å². The minimum Gasteiger partial charge on any atom is -0.508 e. The Morgan fingerprint density at radius 3 is 2.70 bits per heavy atom. The molecule has 9 nitrogen and oxygen atoms in total. The van der Waals surface area contributed by atoms with Crippen LogP contribution in [0.15, 0.2) is 73.1 Å². The van der Waals surface area contributed by atoms with Crippen LogP contribution < -0.4 is 10.1 Å². The molecule has 0 saturated carbocycles. The zero-order valence-corrected chi connectivity index (χ0v) is 17.4. The highest BCUT2D eigenvalue weighted by atomic mass is 16.5. The molecule has 9 heteroatoms. The third kappa shape index (κ3) is 4.38. The SMILES string of the molecule is O=C(NCCOc1ccc(O)cc1)c1cccc(-c2n[nH]c3ccc(-c4nc[nH]n4)cc23)c1. The van der Waals surface area contributed by atoms with Crippen LogP contribution in [0.2, 0.25) is 0 Å². The monoisotopic (exact) mass is 440 g/mol. The van der Waals surface area contributed by atoms with Crippen LogP contribution in [0.4, 0.5) is 0 Å². The number of hydrogen-bond donors (Lipinski definition) is 4. The zero-order valence-electron chi connectivity index (χ0n) is 17.4. The number of carbonyl (C=O) groups is 1. The van der Waals surface area contributed by atoms with Gasteiger partial charge >= 0.3 is 0 Å². The molecule has 2 heterocycles. The summed E-state index contributed by atoms with van der Waals surface area (Å²) >= 11 is 0. The molecule has 2 aromatic heterocycles. The highest BCUT2D eigenvalue weighted by Crippen LogP contribution is 2.29. The number of fused-ring (bicyclic) bond motifs is 1. The van der Waals surface area contributed by atoms with E-state index in [9.17, 15) is 9.90 Å². The summed E-state index contributed by atoms with van der Waals surface area (Å²) in [5.74, 6) is 1.20. The maximum Gasteiger partial charge on any atom is 0.251 e. The van der Waals surface area contributed by atoms with Gasteiger partial charge in [0.05, 0.1) is 17.8 Å². The molecule has 164 valence electrons. The number of phenols is 1. The number of benzene rings is 3. The smallest absolute Gasteiger partial charge is 0.251 e. The summed E-state index contributed by atoms with van der Waals surface area (Å²) in [5.41, 5.74) is 3.84. The predicted octanol–water partition coefficient (Wildman–Crippen LogP) is 3.53. The summed E-state index contributed by atoms with van der Waals surface area (Å²) in [6.07, 6.45) is 1.54. The molecule has 33 heavy (non-hydrogen) atoms. The third-order valence-electron chi connectivity index (χ3n) is 5.13. The maximum atomic E-state index is 12.6. The molecule has 0 bridgehead atoms. The summed E-state index contributed by atoms with van der Waals surface area (Å²) < 4.78 is 5.57. The van der Waals surface area contributed by atoms with Crippen LogP contribution in [0.3, 0.4) is 0 Å². The molecule has 0 aliphatic rings. The van der Waals surface area contributed by atoms with E-state index >= 15 is 0 Å². The van der Waals surface area contributed by atoms with Crippen molar-refractivity contribution in [2.75, 3.05) is 13.2 Å². The highest BCUT2D eigenvalue weighted by molar-refractivity contribution is 5.98. The summed E-state index contributed by atoms with van der Waals surface area (Å²) in [4.78, 5) is 16.9. The topological polar surface area (TPSA) is 129 Å². The van der Waals surface area contributed by atoms with Gasteiger partial charge in [-0.3, -0.25) is 15.0 Å². The number of aromatic hydroxyl groups is 1. The van der Waals surface area contributed by atoms with Crippen molar-refractivity contribution in [2.45, 2.75) is 0 Å². The molecule has 1 amide bonds. The first kappa shape index (κ1) is 20.3.